The number of hydrogen-bond donors (Lipinski definition) is 0. The molecule has 1 aliphatic heterocycles. The zero-order valence-corrected chi connectivity index (χ0v) is 16.2. The van der Waals surface area contributed by atoms with Gasteiger partial charge in [-0.25, -0.2) is 4.68 Å². The van der Waals surface area contributed by atoms with Gasteiger partial charge in [-0.15, -0.1) is 0 Å². The Bertz CT molecular complexity index is 1080. The first kappa shape index (κ1) is 17.3. The second-order valence-corrected chi connectivity index (χ2v) is 7.72. The number of likely N-dealkylation sites (tertiary alicyclic amines) is 1. The molecule has 0 N–H and O–H groups in total. The monoisotopic (exact) mass is 371 g/mol. The van der Waals surface area contributed by atoms with Crippen molar-refractivity contribution in [2.45, 2.75) is 32.2 Å². The summed E-state index contributed by atoms with van der Waals surface area (Å²) in [5.74, 6) is 1.07. The molecule has 0 spiro atoms. The third-order valence-corrected chi connectivity index (χ3v) is 5.85. The fourth-order valence-corrected chi connectivity index (χ4v) is 4.23. The number of fused-ring (bicyclic) bond motifs is 1. The molecule has 5 rings (SSSR count). The zero-order chi connectivity index (χ0) is 18.9. The summed E-state index contributed by atoms with van der Waals surface area (Å²) >= 11 is 0. The van der Waals surface area contributed by atoms with Crippen LogP contribution < -0.4 is 0 Å². The van der Waals surface area contributed by atoms with Crippen LogP contribution in [0.4, 0.5) is 0 Å². The summed E-state index contributed by atoms with van der Waals surface area (Å²) < 4.78 is 8.21. The van der Waals surface area contributed by atoms with Gasteiger partial charge in [-0.1, -0.05) is 36.4 Å². The quantitative estimate of drug-likeness (QED) is 0.477. The first-order valence-corrected chi connectivity index (χ1v) is 10.1. The standard InChI is InChI=1S/C24H25N3O/c1-18-7-6-13-26(18)14-12-22-15-19-8-5-11-23(24(19)28-22)20-16-25-27(17-20)21-9-3-2-4-10-21/h2-5,8-11,15-18H,6-7,12-14H2,1H3. The molecule has 1 unspecified atom stereocenters. The lowest BCUT2D eigenvalue weighted by Crippen LogP contribution is -2.28. The Balaban J connectivity index is 1.42. The maximum absolute atomic E-state index is 6.30. The molecule has 4 aromatic rings. The van der Waals surface area contributed by atoms with Crippen LogP contribution in [-0.2, 0) is 6.42 Å². The summed E-state index contributed by atoms with van der Waals surface area (Å²) in [5.41, 5.74) is 4.18. The van der Waals surface area contributed by atoms with Gasteiger partial charge >= 0.3 is 0 Å². The molecule has 2 aromatic carbocycles. The van der Waals surface area contributed by atoms with E-state index in [1.807, 2.05) is 29.1 Å². The molecular formula is C24H25N3O. The molecular weight excluding hydrogens is 346 g/mol. The van der Waals surface area contributed by atoms with Crippen molar-refractivity contribution in [2.75, 3.05) is 13.1 Å². The predicted octanol–water partition coefficient (Wildman–Crippen LogP) is 5.31. The second kappa shape index (κ2) is 7.28. The summed E-state index contributed by atoms with van der Waals surface area (Å²) in [7, 11) is 0. The molecule has 4 nitrogen and oxygen atoms in total. The normalized spacial score (nSPS) is 17.5. The van der Waals surface area contributed by atoms with Gasteiger partial charge < -0.3 is 9.32 Å². The first-order valence-electron chi connectivity index (χ1n) is 10.1. The highest BCUT2D eigenvalue weighted by molar-refractivity contribution is 5.92. The fourth-order valence-electron chi connectivity index (χ4n) is 4.23. The minimum Gasteiger partial charge on any atom is -0.460 e. The number of rotatable bonds is 5. The lowest BCUT2D eigenvalue weighted by atomic mass is 10.1. The van der Waals surface area contributed by atoms with Gasteiger partial charge in [0, 0.05) is 41.7 Å². The van der Waals surface area contributed by atoms with Gasteiger partial charge in [-0.05, 0) is 44.5 Å². The maximum atomic E-state index is 6.30. The maximum Gasteiger partial charge on any atom is 0.142 e. The summed E-state index contributed by atoms with van der Waals surface area (Å²) in [6.45, 7) is 4.61. The van der Waals surface area contributed by atoms with Gasteiger partial charge in [0.1, 0.15) is 11.3 Å². The van der Waals surface area contributed by atoms with Crippen molar-refractivity contribution in [3.63, 3.8) is 0 Å². The summed E-state index contributed by atoms with van der Waals surface area (Å²) in [5, 5.41) is 5.70. The van der Waals surface area contributed by atoms with E-state index in [0.29, 0.717) is 6.04 Å². The minimum absolute atomic E-state index is 0.698. The number of aromatic nitrogens is 2. The summed E-state index contributed by atoms with van der Waals surface area (Å²) in [6.07, 6.45) is 7.57. The topological polar surface area (TPSA) is 34.2 Å². The van der Waals surface area contributed by atoms with E-state index in [9.17, 15) is 0 Å². The molecule has 0 aliphatic carbocycles. The minimum atomic E-state index is 0.698. The number of para-hydroxylation sites is 2. The molecule has 3 heterocycles. The SMILES string of the molecule is CC1CCCN1CCc1cc2cccc(-c3cnn(-c4ccccc4)c3)c2o1. The average molecular weight is 371 g/mol. The highest BCUT2D eigenvalue weighted by atomic mass is 16.3. The molecule has 0 bridgehead atoms. The number of nitrogens with zero attached hydrogens (tertiary/aromatic N) is 3. The van der Waals surface area contributed by atoms with Crippen molar-refractivity contribution >= 4 is 11.0 Å². The zero-order valence-electron chi connectivity index (χ0n) is 16.2. The van der Waals surface area contributed by atoms with E-state index in [2.05, 4.69) is 59.5 Å². The smallest absolute Gasteiger partial charge is 0.142 e. The van der Waals surface area contributed by atoms with E-state index >= 15 is 0 Å². The first-order chi connectivity index (χ1) is 13.8. The largest absolute Gasteiger partial charge is 0.460 e. The van der Waals surface area contributed by atoms with Crippen LogP contribution in [0.15, 0.2) is 71.4 Å². The third kappa shape index (κ3) is 3.25. The Kier molecular flexibility index (Phi) is 4.49. The van der Waals surface area contributed by atoms with Crippen LogP contribution in [0.1, 0.15) is 25.5 Å². The second-order valence-electron chi connectivity index (χ2n) is 7.72. The highest BCUT2D eigenvalue weighted by Gasteiger charge is 2.20. The van der Waals surface area contributed by atoms with Crippen LogP contribution in [0.3, 0.4) is 0 Å². The molecule has 1 saturated heterocycles. The molecule has 142 valence electrons. The van der Waals surface area contributed by atoms with Crippen molar-refractivity contribution < 1.29 is 4.42 Å². The number of benzene rings is 2. The van der Waals surface area contributed by atoms with Crippen LogP contribution in [0.5, 0.6) is 0 Å². The van der Waals surface area contributed by atoms with Crippen LogP contribution in [0.2, 0.25) is 0 Å². The van der Waals surface area contributed by atoms with E-state index in [1.165, 1.54) is 19.4 Å². The van der Waals surface area contributed by atoms with Gasteiger partial charge in [-0.2, -0.15) is 5.10 Å². The predicted molar refractivity (Wildman–Crippen MR) is 113 cm³/mol. The van der Waals surface area contributed by atoms with Gasteiger partial charge in [0.05, 0.1) is 11.9 Å². The van der Waals surface area contributed by atoms with E-state index in [-0.39, 0.29) is 0 Å². The number of furan rings is 1. The Labute approximate surface area is 165 Å². The molecule has 2 aromatic heterocycles. The van der Waals surface area contributed by atoms with Crippen LogP contribution in [-0.4, -0.2) is 33.8 Å². The van der Waals surface area contributed by atoms with Crippen LogP contribution >= 0.6 is 0 Å². The van der Waals surface area contributed by atoms with Gasteiger partial charge in [0.2, 0.25) is 0 Å². The van der Waals surface area contributed by atoms with E-state index in [4.69, 9.17) is 4.42 Å². The van der Waals surface area contributed by atoms with E-state index in [0.717, 1.165) is 46.5 Å². The highest BCUT2D eigenvalue weighted by Crippen LogP contribution is 2.31. The third-order valence-electron chi connectivity index (χ3n) is 5.85. The van der Waals surface area contributed by atoms with Crippen LogP contribution in [0, 0.1) is 0 Å². The lowest BCUT2D eigenvalue weighted by Gasteiger charge is -2.19. The summed E-state index contributed by atoms with van der Waals surface area (Å²) in [6, 6.07) is 19.4. The van der Waals surface area contributed by atoms with Crippen molar-refractivity contribution in [1.29, 1.82) is 0 Å². The van der Waals surface area contributed by atoms with Gasteiger partial charge in [0.15, 0.2) is 0 Å². The van der Waals surface area contributed by atoms with Gasteiger partial charge in [-0.3, -0.25) is 0 Å². The molecule has 1 fully saturated rings. The molecule has 1 aliphatic rings. The Morgan fingerprint density at radius 3 is 2.82 bits per heavy atom. The molecule has 4 heteroatoms. The molecule has 0 amide bonds. The van der Waals surface area contributed by atoms with Gasteiger partial charge in [0.25, 0.3) is 0 Å². The molecule has 1 atom stereocenters. The Hall–Kier alpha value is -2.85. The summed E-state index contributed by atoms with van der Waals surface area (Å²) in [4.78, 5) is 2.57. The average Bonchev–Trinajstić information content (AvgIpc) is 3.46. The lowest BCUT2D eigenvalue weighted by molar-refractivity contribution is 0.266. The Morgan fingerprint density at radius 2 is 2.00 bits per heavy atom. The van der Waals surface area contributed by atoms with Crippen molar-refractivity contribution in [2.24, 2.45) is 0 Å². The van der Waals surface area contributed by atoms with Crippen LogP contribution in [0.25, 0.3) is 27.8 Å². The fraction of sp³-hybridized carbons (Fsp3) is 0.292. The van der Waals surface area contributed by atoms with E-state index in [1.54, 1.807) is 0 Å². The molecule has 0 radical (unpaired) electrons. The van der Waals surface area contributed by atoms with Crippen molar-refractivity contribution in [1.82, 2.24) is 14.7 Å². The van der Waals surface area contributed by atoms with Crippen molar-refractivity contribution in [3.8, 4) is 16.8 Å². The van der Waals surface area contributed by atoms with E-state index < -0.39 is 0 Å². The number of hydrogen-bond acceptors (Lipinski definition) is 3. The Morgan fingerprint density at radius 1 is 1.11 bits per heavy atom. The van der Waals surface area contributed by atoms with Crippen molar-refractivity contribution in [3.05, 3.63) is 72.8 Å². The molecule has 0 saturated carbocycles. The molecule has 28 heavy (non-hydrogen) atoms.